The number of carbonyl (C=O) groups is 1. The monoisotopic (exact) mass is 488 g/mol. The van der Waals surface area contributed by atoms with Crippen LogP contribution < -0.4 is 5.32 Å². The first kappa shape index (κ1) is 24.4. The first-order valence-corrected chi connectivity index (χ1v) is 13.1. The Morgan fingerprint density at radius 3 is 2.29 bits per heavy atom. The summed E-state index contributed by atoms with van der Waals surface area (Å²) in [7, 11) is -3.55. The van der Waals surface area contributed by atoms with Gasteiger partial charge in [-0.2, -0.15) is 0 Å². The van der Waals surface area contributed by atoms with Gasteiger partial charge in [-0.3, -0.25) is 4.79 Å². The summed E-state index contributed by atoms with van der Waals surface area (Å²) in [6.07, 6.45) is 0.764. The Morgan fingerprint density at radius 1 is 0.914 bits per heavy atom. The second kappa shape index (κ2) is 10.3. The predicted molar refractivity (Wildman–Crippen MR) is 136 cm³/mol. The van der Waals surface area contributed by atoms with Crippen LogP contribution in [0.15, 0.2) is 82.1 Å². The maximum atomic E-state index is 12.8. The molecule has 0 radical (unpaired) electrons. The molecule has 4 aromatic rings. The highest BCUT2D eigenvalue weighted by Crippen LogP contribution is 2.25. The number of nitrogens with zero attached hydrogens (tertiary/aromatic N) is 1. The molecule has 0 aliphatic rings. The Balaban J connectivity index is 1.41. The van der Waals surface area contributed by atoms with Crippen LogP contribution in [0.2, 0.25) is 0 Å². The molecule has 0 fully saturated rings. The van der Waals surface area contributed by atoms with Crippen molar-refractivity contribution >= 4 is 15.7 Å². The largest absolute Gasteiger partial charge is 0.441 e. The lowest BCUT2D eigenvalue weighted by Crippen LogP contribution is -2.25. The fraction of sp³-hybridized carbons (Fsp3) is 0.214. The molecule has 0 aliphatic carbocycles. The lowest BCUT2D eigenvalue weighted by Gasteiger charge is -2.08. The molecular weight excluding hydrogens is 460 g/mol. The minimum atomic E-state index is -3.55. The number of aromatic nitrogens is 1. The zero-order chi connectivity index (χ0) is 25.0. The van der Waals surface area contributed by atoms with Gasteiger partial charge < -0.3 is 9.73 Å². The van der Waals surface area contributed by atoms with E-state index >= 15 is 0 Å². The number of oxazole rings is 1. The third-order valence-electron chi connectivity index (χ3n) is 5.93. The van der Waals surface area contributed by atoms with Gasteiger partial charge in [-0.25, -0.2) is 13.4 Å². The molecule has 1 amide bonds. The number of rotatable bonds is 8. The van der Waals surface area contributed by atoms with E-state index in [0.717, 1.165) is 12.0 Å². The van der Waals surface area contributed by atoms with E-state index in [4.69, 9.17) is 4.42 Å². The normalized spacial score (nSPS) is 11.4. The summed E-state index contributed by atoms with van der Waals surface area (Å²) in [5.41, 5.74) is 4.99. The Bertz CT molecular complexity index is 1440. The highest BCUT2D eigenvalue weighted by Gasteiger charge is 2.21. The number of aryl methyl sites for hydroxylation is 3. The molecule has 6 nitrogen and oxygen atoms in total. The SMILES string of the molecule is Cc1ccc(S(=O)(=O)Cc2nc(-c3ccc(C(=O)NCCc4ccccc4C)cc3)oc2C)cc1. The van der Waals surface area contributed by atoms with Crippen molar-refractivity contribution in [2.75, 3.05) is 6.54 Å². The Kier molecular flexibility index (Phi) is 7.17. The molecule has 7 heteroatoms. The quantitative estimate of drug-likeness (QED) is 0.368. The minimum absolute atomic E-state index is 0.154. The van der Waals surface area contributed by atoms with Crippen LogP contribution in [0, 0.1) is 20.8 Å². The van der Waals surface area contributed by atoms with Gasteiger partial charge in [-0.05, 0) is 74.7 Å². The molecule has 1 heterocycles. The van der Waals surface area contributed by atoms with Crippen LogP contribution in [0.4, 0.5) is 0 Å². The summed E-state index contributed by atoms with van der Waals surface area (Å²) in [6, 6.07) is 21.8. The van der Waals surface area contributed by atoms with Crippen LogP contribution in [0.25, 0.3) is 11.5 Å². The van der Waals surface area contributed by atoms with E-state index in [2.05, 4.69) is 29.4 Å². The van der Waals surface area contributed by atoms with Gasteiger partial charge in [0.25, 0.3) is 5.91 Å². The third kappa shape index (κ3) is 5.87. The van der Waals surface area contributed by atoms with Crippen LogP contribution in [0.5, 0.6) is 0 Å². The van der Waals surface area contributed by atoms with Crippen molar-refractivity contribution in [1.29, 1.82) is 0 Å². The van der Waals surface area contributed by atoms with Gasteiger partial charge in [0, 0.05) is 17.7 Å². The molecule has 0 bridgehead atoms. The van der Waals surface area contributed by atoms with Gasteiger partial charge in [0.1, 0.15) is 11.5 Å². The average molecular weight is 489 g/mol. The van der Waals surface area contributed by atoms with Crippen LogP contribution in [0.1, 0.15) is 38.5 Å². The van der Waals surface area contributed by atoms with E-state index in [1.165, 1.54) is 11.1 Å². The maximum absolute atomic E-state index is 12.8. The van der Waals surface area contributed by atoms with E-state index in [1.54, 1.807) is 55.5 Å². The number of hydrogen-bond donors (Lipinski definition) is 1. The van der Waals surface area contributed by atoms with Crippen molar-refractivity contribution in [2.45, 2.75) is 37.8 Å². The van der Waals surface area contributed by atoms with Crippen LogP contribution in [-0.4, -0.2) is 25.9 Å². The summed E-state index contributed by atoms with van der Waals surface area (Å²) in [6.45, 7) is 6.21. The molecule has 1 N–H and O–H groups in total. The molecule has 0 saturated heterocycles. The lowest BCUT2D eigenvalue weighted by atomic mass is 10.1. The highest BCUT2D eigenvalue weighted by atomic mass is 32.2. The van der Waals surface area contributed by atoms with Crippen molar-refractivity contribution < 1.29 is 17.6 Å². The topological polar surface area (TPSA) is 89.3 Å². The predicted octanol–water partition coefficient (Wildman–Crippen LogP) is 5.21. The minimum Gasteiger partial charge on any atom is -0.441 e. The second-order valence-corrected chi connectivity index (χ2v) is 10.6. The number of hydrogen-bond acceptors (Lipinski definition) is 5. The molecule has 0 saturated carbocycles. The van der Waals surface area contributed by atoms with E-state index in [9.17, 15) is 13.2 Å². The Labute approximate surface area is 206 Å². The number of carbonyl (C=O) groups excluding carboxylic acids is 1. The van der Waals surface area contributed by atoms with Crippen molar-refractivity contribution in [3.63, 3.8) is 0 Å². The van der Waals surface area contributed by atoms with Crippen molar-refractivity contribution in [2.24, 2.45) is 0 Å². The number of benzene rings is 3. The second-order valence-electron chi connectivity index (χ2n) is 8.60. The van der Waals surface area contributed by atoms with Gasteiger partial charge in [0.15, 0.2) is 9.84 Å². The van der Waals surface area contributed by atoms with Gasteiger partial charge >= 0.3 is 0 Å². The van der Waals surface area contributed by atoms with E-state index < -0.39 is 9.84 Å². The molecule has 180 valence electrons. The lowest BCUT2D eigenvalue weighted by molar-refractivity contribution is 0.0954. The van der Waals surface area contributed by atoms with Gasteiger partial charge in [0.2, 0.25) is 5.89 Å². The molecule has 1 aromatic heterocycles. The molecule has 35 heavy (non-hydrogen) atoms. The molecule has 0 spiro atoms. The van der Waals surface area contributed by atoms with Crippen molar-refractivity contribution in [3.05, 3.63) is 107 Å². The first-order chi connectivity index (χ1) is 16.7. The van der Waals surface area contributed by atoms with Crippen molar-refractivity contribution in [1.82, 2.24) is 10.3 Å². The first-order valence-electron chi connectivity index (χ1n) is 11.4. The molecule has 0 atom stereocenters. The summed E-state index contributed by atoms with van der Waals surface area (Å²) < 4.78 is 31.4. The van der Waals surface area contributed by atoms with Gasteiger partial charge in [-0.15, -0.1) is 0 Å². The van der Waals surface area contributed by atoms with E-state index in [1.807, 2.05) is 19.1 Å². The Morgan fingerprint density at radius 2 is 1.60 bits per heavy atom. The van der Waals surface area contributed by atoms with E-state index in [-0.39, 0.29) is 16.6 Å². The maximum Gasteiger partial charge on any atom is 0.251 e. The fourth-order valence-electron chi connectivity index (χ4n) is 3.76. The standard InChI is InChI=1S/C28H28N2O4S/c1-19-8-14-25(15-9-19)35(32,33)18-26-21(3)34-28(30-26)24-12-10-23(11-13-24)27(31)29-17-16-22-7-5-4-6-20(22)2/h4-15H,16-18H2,1-3H3,(H,29,31). The van der Waals surface area contributed by atoms with Crippen molar-refractivity contribution in [3.8, 4) is 11.5 Å². The molecule has 0 aliphatic heterocycles. The zero-order valence-electron chi connectivity index (χ0n) is 20.0. The molecule has 4 rings (SSSR count). The van der Waals surface area contributed by atoms with Gasteiger partial charge in [-0.1, -0.05) is 42.0 Å². The zero-order valence-corrected chi connectivity index (χ0v) is 20.9. The summed E-state index contributed by atoms with van der Waals surface area (Å²) >= 11 is 0. The molecule has 3 aromatic carbocycles. The van der Waals surface area contributed by atoms with E-state index in [0.29, 0.717) is 35.0 Å². The van der Waals surface area contributed by atoms with Crippen LogP contribution in [-0.2, 0) is 22.0 Å². The number of amides is 1. The summed E-state index contributed by atoms with van der Waals surface area (Å²) in [5, 5.41) is 2.95. The average Bonchev–Trinajstić information content (AvgIpc) is 3.20. The highest BCUT2D eigenvalue weighted by molar-refractivity contribution is 7.90. The summed E-state index contributed by atoms with van der Waals surface area (Å²) in [5.74, 6) is 0.377. The third-order valence-corrected chi connectivity index (χ3v) is 7.58. The molecular formula is C28H28N2O4S. The van der Waals surface area contributed by atoms with Crippen LogP contribution in [0.3, 0.4) is 0 Å². The summed E-state index contributed by atoms with van der Waals surface area (Å²) in [4.78, 5) is 17.2. The smallest absolute Gasteiger partial charge is 0.251 e. The fourth-order valence-corrected chi connectivity index (χ4v) is 5.11. The Hall–Kier alpha value is -3.71. The van der Waals surface area contributed by atoms with Crippen LogP contribution >= 0.6 is 0 Å². The number of nitrogens with one attached hydrogen (secondary N) is 1. The number of sulfone groups is 1. The molecule has 0 unspecified atom stereocenters. The van der Waals surface area contributed by atoms with Gasteiger partial charge in [0.05, 0.1) is 10.6 Å².